The van der Waals surface area contributed by atoms with Gasteiger partial charge in [0.1, 0.15) is 5.82 Å². The number of ether oxygens (including phenoxy) is 1. The molecule has 4 rings (SSSR count). The highest BCUT2D eigenvalue weighted by molar-refractivity contribution is 5.96. The van der Waals surface area contributed by atoms with Crippen molar-refractivity contribution in [2.75, 3.05) is 7.11 Å². The number of rotatable bonds is 3. The van der Waals surface area contributed by atoms with Crippen LogP contribution in [-0.4, -0.2) is 38.2 Å². The summed E-state index contributed by atoms with van der Waals surface area (Å²) in [6, 6.07) is 10.5. The molecule has 3 heterocycles. The summed E-state index contributed by atoms with van der Waals surface area (Å²) in [6.45, 7) is 7.32. The van der Waals surface area contributed by atoms with Crippen LogP contribution >= 0.6 is 0 Å². The molecule has 0 saturated heterocycles. The van der Waals surface area contributed by atoms with Gasteiger partial charge in [-0.15, -0.1) is 0 Å². The summed E-state index contributed by atoms with van der Waals surface area (Å²) in [7, 11) is 1.34. The Balaban J connectivity index is 1.62. The topological polar surface area (TPSA) is 69.4 Å². The third kappa shape index (κ3) is 3.33. The van der Waals surface area contributed by atoms with E-state index in [4.69, 9.17) is 9.84 Å². The number of aromatic nitrogens is 3. The molecule has 7 heteroatoms. The number of fused-ring (bicyclic) bond motifs is 1. The Morgan fingerprint density at radius 3 is 2.21 bits per heavy atom. The quantitative estimate of drug-likeness (QED) is 0.641. The Kier molecular flexibility index (Phi) is 4.53. The maximum atomic E-state index is 13.0. The minimum absolute atomic E-state index is 0.0832. The van der Waals surface area contributed by atoms with Gasteiger partial charge in [0.2, 0.25) is 0 Å². The van der Waals surface area contributed by atoms with E-state index in [1.807, 2.05) is 29.2 Å². The Bertz CT molecular complexity index is 1060. The monoisotopic (exact) mass is 392 g/mol. The van der Waals surface area contributed by atoms with E-state index < -0.39 is 5.97 Å². The number of methoxy groups -OCH3 is 1. The van der Waals surface area contributed by atoms with Crippen LogP contribution in [0.25, 0.3) is 5.82 Å². The maximum absolute atomic E-state index is 13.0. The van der Waals surface area contributed by atoms with Crippen LogP contribution in [0.2, 0.25) is 0 Å². The van der Waals surface area contributed by atoms with Gasteiger partial charge in [0, 0.05) is 23.5 Å². The van der Waals surface area contributed by atoms with E-state index in [2.05, 4.69) is 25.3 Å². The molecule has 1 amide bonds. The van der Waals surface area contributed by atoms with Gasteiger partial charge in [-0.05, 0) is 57.2 Å². The molecule has 0 saturated carbocycles. The average molecular weight is 392 g/mol. The summed E-state index contributed by atoms with van der Waals surface area (Å²) in [6.07, 6.45) is 3.99. The number of amides is 1. The van der Waals surface area contributed by atoms with Crippen LogP contribution in [0.4, 0.5) is 0 Å². The third-order valence-corrected chi connectivity index (χ3v) is 5.05. The number of hydrogen-bond donors (Lipinski definition) is 0. The number of carbonyl (C=O) groups is 2. The van der Waals surface area contributed by atoms with Gasteiger partial charge in [-0.25, -0.2) is 9.48 Å². The van der Waals surface area contributed by atoms with Crippen molar-refractivity contribution in [3.8, 4) is 5.82 Å². The number of hydrogen-bond acceptors (Lipinski definition) is 4. The van der Waals surface area contributed by atoms with Crippen LogP contribution in [0.3, 0.4) is 0 Å². The lowest BCUT2D eigenvalue weighted by molar-refractivity contribution is 0.0599. The molecule has 1 aromatic carbocycles. The van der Waals surface area contributed by atoms with E-state index in [1.165, 1.54) is 7.11 Å². The Morgan fingerprint density at radius 1 is 1.00 bits per heavy atom. The molecule has 0 unspecified atom stereocenters. The van der Waals surface area contributed by atoms with Crippen molar-refractivity contribution >= 4 is 11.9 Å². The van der Waals surface area contributed by atoms with E-state index in [-0.39, 0.29) is 11.4 Å². The van der Waals surface area contributed by atoms with Crippen molar-refractivity contribution < 1.29 is 14.3 Å². The summed E-state index contributed by atoms with van der Waals surface area (Å²) in [5.74, 6) is 0.492. The highest BCUT2D eigenvalue weighted by Gasteiger charge is 2.33. The van der Waals surface area contributed by atoms with Crippen LogP contribution in [0.5, 0.6) is 0 Å². The fourth-order valence-electron chi connectivity index (χ4n) is 3.60. The second kappa shape index (κ2) is 6.92. The zero-order chi connectivity index (χ0) is 20.8. The van der Waals surface area contributed by atoms with Crippen LogP contribution in [0.1, 0.15) is 52.7 Å². The Morgan fingerprint density at radius 2 is 1.62 bits per heavy atom. The molecule has 7 nitrogen and oxygen atoms in total. The smallest absolute Gasteiger partial charge is 0.337 e. The standard InChI is InChI=1S/C22H24N4O3/c1-22(2,3)26-19(24-11-5-6-12-24)17-13-25(14-18(17)23-26)20(27)15-7-9-16(10-8-15)21(28)29-4/h5-12H,13-14H2,1-4H3. The Labute approximate surface area is 169 Å². The predicted molar refractivity (Wildman–Crippen MR) is 108 cm³/mol. The molecule has 3 aromatic rings. The molecule has 0 radical (unpaired) electrons. The van der Waals surface area contributed by atoms with Gasteiger partial charge in [-0.2, -0.15) is 5.10 Å². The molecule has 1 aliphatic heterocycles. The van der Waals surface area contributed by atoms with E-state index in [1.54, 1.807) is 29.2 Å². The van der Waals surface area contributed by atoms with Crippen molar-refractivity contribution in [1.29, 1.82) is 0 Å². The fraction of sp³-hybridized carbons (Fsp3) is 0.318. The molecule has 29 heavy (non-hydrogen) atoms. The van der Waals surface area contributed by atoms with Gasteiger partial charge in [0.05, 0.1) is 37.0 Å². The van der Waals surface area contributed by atoms with E-state index in [9.17, 15) is 9.59 Å². The Hall–Kier alpha value is -3.35. The minimum Gasteiger partial charge on any atom is -0.465 e. The first-order valence-corrected chi connectivity index (χ1v) is 9.52. The summed E-state index contributed by atoms with van der Waals surface area (Å²) < 4.78 is 8.79. The molecular formula is C22H24N4O3. The van der Waals surface area contributed by atoms with Gasteiger partial charge < -0.3 is 14.2 Å². The van der Waals surface area contributed by atoms with Gasteiger partial charge in [-0.3, -0.25) is 4.79 Å². The van der Waals surface area contributed by atoms with Gasteiger partial charge >= 0.3 is 5.97 Å². The van der Waals surface area contributed by atoms with Crippen LogP contribution in [0, 0.1) is 0 Å². The predicted octanol–water partition coefficient (Wildman–Crippen LogP) is 3.37. The summed E-state index contributed by atoms with van der Waals surface area (Å²) in [5, 5.41) is 4.83. The second-order valence-corrected chi connectivity index (χ2v) is 8.15. The first kappa shape index (κ1) is 19.0. The van der Waals surface area contributed by atoms with Crippen molar-refractivity contribution in [1.82, 2.24) is 19.2 Å². The van der Waals surface area contributed by atoms with Crippen molar-refractivity contribution in [3.05, 3.63) is 71.2 Å². The molecule has 0 spiro atoms. The lowest BCUT2D eigenvalue weighted by Crippen LogP contribution is -2.29. The lowest BCUT2D eigenvalue weighted by Gasteiger charge is -2.24. The summed E-state index contributed by atoms with van der Waals surface area (Å²) in [4.78, 5) is 26.4. The SMILES string of the molecule is COC(=O)c1ccc(C(=O)N2Cc3nn(C(C)(C)C)c(-n4cccc4)c3C2)cc1. The minimum atomic E-state index is -0.419. The second-order valence-electron chi connectivity index (χ2n) is 8.15. The van der Waals surface area contributed by atoms with Crippen LogP contribution in [0.15, 0.2) is 48.8 Å². The number of esters is 1. The number of benzene rings is 1. The van der Waals surface area contributed by atoms with E-state index in [0.717, 1.165) is 17.1 Å². The molecule has 0 atom stereocenters. The maximum Gasteiger partial charge on any atom is 0.337 e. The van der Waals surface area contributed by atoms with Crippen LogP contribution < -0.4 is 0 Å². The number of carbonyl (C=O) groups excluding carboxylic acids is 2. The fourth-order valence-corrected chi connectivity index (χ4v) is 3.60. The molecule has 1 aliphatic rings. The van der Waals surface area contributed by atoms with Crippen LogP contribution in [-0.2, 0) is 23.4 Å². The third-order valence-electron chi connectivity index (χ3n) is 5.05. The van der Waals surface area contributed by atoms with Crippen molar-refractivity contribution in [3.63, 3.8) is 0 Å². The van der Waals surface area contributed by atoms with Crippen molar-refractivity contribution in [2.24, 2.45) is 0 Å². The molecule has 0 N–H and O–H groups in total. The molecule has 0 aliphatic carbocycles. The molecule has 2 aromatic heterocycles. The highest BCUT2D eigenvalue weighted by atomic mass is 16.5. The molecule has 0 bridgehead atoms. The summed E-state index contributed by atoms with van der Waals surface area (Å²) in [5.41, 5.74) is 2.76. The summed E-state index contributed by atoms with van der Waals surface area (Å²) >= 11 is 0. The lowest BCUT2D eigenvalue weighted by atomic mass is 10.1. The normalized spacial score (nSPS) is 13.4. The largest absolute Gasteiger partial charge is 0.465 e. The highest BCUT2D eigenvalue weighted by Crippen LogP contribution is 2.32. The van der Waals surface area contributed by atoms with E-state index >= 15 is 0 Å². The molecule has 0 fully saturated rings. The molecule has 150 valence electrons. The van der Waals surface area contributed by atoms with Gasteiger partial charge in [0.25, 0.3) is 5.91 Å². The molecular weight excluding hydrogens is 368 g/mol. The van der Waals surface area contributed by atoms with Crippen molar-refractivity contribution in [2.45, 2.75) is 39.4 Å². The van der Waals surface area contributed by atoms with Gasteiger partial charge in [0.15, 0.2) is 0 Å². The first-order chi connectivity index (χ1) is 13.8. The van der Waals surface area contributed by atoms with E-state index in [0.29, 0.717) is 24.2 Å². The zero-order valence-electron chi connectivity index (χ0n) is 17.0. The first-order valence-electron chi connectivity index (χ1n) is 9.52. The number of nitrogens with zero attached hydrogens (tertiary/aromatic N) is 4. The van der Waals surface area contributed by atoms with Gasteiger partial charge in [-0.1, -0.05) is 0 Å². The zero-order valence-corrected chi connectivity index (χ0v) is 17.0. The average Bonchev–Trinajstić information content (AvgIpc) is 3.41.